The van der Waals surface area contributed by atoms with Crippen molar-refractivity contribution in [1.82, 2.24) is 14.9 Å². The molecule has 2 aromatic carbocycles. The molecule has 0 aliphatic carbocycles. The third-order valence-corrected chi connectivity index (χ3v) is 4.52. The van der Waals surface area contributed by atoms with Crippen molar-refractivity contribution in [1.29, 1.82) is 0 Å². The number of nitrogens with zero attached hydrogens (tertiary/aromatic N) is 3. The predicted octanol–water partition coefficient (Wildman–Crippen LogP) is 4.76. The number of aryl methyl sites for hydroxylation is 1. The van der Waals surface area contributed by atoms with Crippen molar-refractivity contribution >= 4 is 28.5 Å². The van der Waals surface area contributed by atoms with Crippen molar-refractivity contribution in [3.63, 3.8) is 0 Å². The fourth-order valence-corrected chi connectivity index (χ4v) is 3.13. The molecule has 0 bridgehead atoms. The largest absolute Gasteiger partial charge is 0.354 e. The number of fused-ring (bicyclic) bond motifs is 1. The molecule has 0 radical (unpaired) electrons. The lowest BCUT2D eigenvalue weighted by molar-refractivity contribution is 0.405. The highest BCUT2D eigenvalue weighted by molar-refractivity contribution is 6.34. The van der Waals surface area contributed by atoms with E-state index in [9.17, 15) is 4.39 Å². The van der Waals surface area contributed by atoms with E-state index in [-0.39, 0.29) is 5.82 Å². The van der Waals surface area contributed by atoms with Gasteiger partial charge in [0.05, 0.1) is 11.2 Å². The molecule has 1 heterocycles. The molecule has 3 rings (SSSR count). The van der Waals surface area contributed by atoms with Gasteiger partial charge < -0.3 is 10.2 Å². The number of nitrogens with one attached hydrogen (secondary N) is 1. The summed E-state index contributed by atoms with van der Waals surface area (Å²) in [6.45, 7) is 3.71. The number of anilines is 1. The second-order valence-electron chi connectivity index (χ2n) is 6.55. The summed E-state index contributed by atoms with van der Waals surface area (Å²) in [4.78, 5) is 11.2. The van der Waals surface area contributed by atoms with Crippen LogP contribution in [0, 0.1) is 12.7 Å². The van der Waals surface area contributed by atoms with E-state index in [2.05, 4.69) is 20.2 Å². The van der Waals surface area contributed by atoms with Crippen LogP contribution in [-0.2, 0) is 0 Å². The smallest absolute Gasteiger partial charge is 0.223 e. The molecular formula is C20H22ClFN4. The summed E-state index contributed by atoms with van der Waals surface area (Å²) in [5.41, 5.74) is 2.69. The maximum Gasteiger partial charge on any atom is 0.223 e. The van der Waals surface area contributed by atoms with E-state index in [0.29, 0.717) is 22.1 Å². The van der Waals surface area contributed by atoms with Gasteiger partial charge in [-0.25, -0.2) is 14.4 Å². The third kappa shape index (κ3) is 4.11. The van der Waals surface area contributed by atoms with Gasteiger partial charge in [0.25, 0.3) is 0 Å². The van der Waals surface area contributed by atoms with E-state index < -0.39 is 0 Å². The zero-order valence-electron chi connectivity index (χ0n) is 15.2. The Morgan fingerprint density at radius 2 is 1.88 bits per heavy atom. The first kappa shape index (κ1) is 18.5. The predicted molar refractivity (Wildman–Crippen MR) is 106 cm³/mol. The fourth-order valence-electron chi connectivity index (χ4n) is 2.86. The first-order chi connectivity index (χ1) is 12.5. The maximum absolute atomic E-state index is 14.2. The second kappa shape index (κ2) is 7.98. The van der Waals surface area contributed by atoms with E-state index >= 15 is 0 Å². The monoisotopic (exact) mass is 372 g/mol. The molecule has 0 fully saturated rings. The number of halogens is 2. The molecular weight excluding hydrogens is 351 g/mol. The minimum Gasteiger partial charge on any atom is -0.354 e. The Morgan fingerprint density at radius 3 is 2.62 bits per heavy atom. The topological polar surface area (TPSA) is 41.1 Å². The first-order valence-electron chi connectivity index (χ1n) is 8.57. The molecule has 0 aliphatic rings. The van der Waals surface area contributed by atoms with Crippen LogP contribution in [0.2, 0.25) is 5.02 Å². The van der Waals surface area contributed by atoms with Crippen molar-refractivity contribution in [2.75, 3.05) is 32.5 Å². The minimum absolute atomic E-state index is 0.304. The Bertz CT molecular complexity index is 927. The fraction of sp³-hybridized carbons (Fsp3) is 0.300. The van der Waals surface area contributed by atoms with Gasteiger partial charge in [0.15, 0.2) is 0 Å². The zero-order valence-corrected chi connectivity index (χ0v) is 15.9. The van der Waals surface area contributed by atoms with E-state index in [0.717, 1.165) is 36.1 Å². The molecule has 0 aliphatic heterocycles. The normalized spacial score (nSPS) is 11.3. The van der Waals surface area contributed by atoms with Crippen LogP contribution in [0.15, 0.2) is 36.4 Å². The lowest BCUT2D eigenvalue weighted by atomic mass is 10.0. The molecule has 0 atom stereocenters. The van der Waals surface area contributed by atoms with Crippen LogP contribution < -0.4 is 5.32 Å². The van der Waals surface area contributed by atoms with Gasteiger partial charge in [0.2, 0.25) is 5.95 Å². The number of hydrogen-bond acceptors (Lipinski definition) is 4. The first-order valence-corrected chi connectivity index (χ1v) is 8.95. The summed E-state index contributed by atoms with van der Waals surface area (Å²) in [5, 5.41) is 4.62. The van der Waals surface area contributed by atoms with Crippen molar-refractivity contribution in [3.8, 4) is 11.1 Å². The molecule has 0 saturated heterocycles. The van der Waals surface area contributed by atoms with Crippen LogP contribution in [0.1, 0.15) is 12.1 Å². The lowest BCUT2D eigenvalue weighted by Crippen LogP contribution is -2.17. The molecule has 4 nitrogen and oxygen atoms in total. The van der Waals surface area contributed by atoms with Gasteiger partial charge in [-0.3, -0.25) is 0 Å². The van der Waals surface area contributed by atoms with Crippen LogP contribution in [0.25, 0.3) is 22.0 Å². The molecule has 6 heteroatoms. The van der Waals surface area contributed by atoms with Crippen molar-refractivity contribution in [2.24, 2.45) is 0 Å². The highest BCUT2D eigenvalue weighted by atomic mass is 35.5. The van der Waals surface area contributed by atoms with Gasteiger partial charge in [0, 0.05) is 28.1 Å². The summed E-state index contributed by atoms with van der Waals surface area (Å²) >= 11 is 6.41. The van der Waals surface area contributed by atoms with Gasteiger partial charge in [-0.2, -0.15) is 0 Å². The van der Waals surface area contributed by atoms with Crippen LogP contribution in [0.4, 0.5) is 10.3 Å². The summed E-state index contributed by atoms with van der Waals surface area (Å²) in [6, 6.07) is 10.2. The SMILES string of the molecule is Cc1nc(NCCCN(C)C)nc2cc(-c3ccccc3F)c(Cl)cc12. The van der Waals surface area contributed by atoms with E-state index in [4.69, 9.17) is 11.6 Å². The second-order valence-corrected chi connectivity index (χ2v) is 6.95. The van der Waals surface area contributed by atoms with Gasteiger partial charge in [0.1, 0.15) is 5.82 Å². The van der Waals surface area contributed by atoms with E-state index in [1.807, 2.05) is 33.2 Å². The Morgan fingerprint density at radius 1 is 1.12 bits per heavy atom. The van der Waals surface area contributed by atoms with Gasteiger partial charge in [-0.15, -0.1) is 0 Å². The summed E-state index contributed by atoms with van der Waals surface area (Å²) in [7, 11) is 4.09. The molecule has 26 heavy (non-hydrogen) atoms. The molecule has 0 unspecified atom stereocenters. The van der Waals surface area contributed by atoms with Crippen molar-refractivity contribution in [3.05, 3.63) is 52.9 Å². The van der Waals surface area contributed by atoms with E-state index in [1.54, 1.807) is 18.2 Å². The Kier molecular flexibility index (Phi) is 5.69. The van der Waals surface area contributed by atoms with E-state index in [1.165, 1.54) is 6.07 Å². The maximum atomic E-state index is 14.2. The van der Waals surface area contributed by atoms with Crippen LogP contribution in [-0.4, -0.2) is 42.1 Å². The summed E-state index contributed by atoms with van der Waals surface area (Å²) < 4.78 is 14.2. The van der Waals surface area contributed by atoms with Gasteiger partial charge in [-0.1, -0.05) is 29.8 Å². The summed E-state index contributed by atoms with van der Waals surface area (Å²) in [6.07, 6.45) is 0.995. The van der Waals surface area contributed by atoms with Crippen LogP contribution >= 0.6 is 11.6 Å². The number of hydrogen-bond donors (Lipinski definition) is 1. The zero-order chi connectivity index (χ0) is 18.7. The highest BCUT2D eigenvalue weighted by Crippen LogP contribution is 2.34. The molecule has 0 amide bonds. The van der Waals surface area contributed by atoms with Crippen molar-refractivity contribution in [2.45, 2.75) is 13.3 Å². The molecule has 136 valence electrons. The Hall–Kier alpha value is -2.24. The van der Waals surface area contributed by atoms with Gasteiger partial charge >= 0.3 is 0 Å². The minimum atomic E-state index is -0.304. The quantitative estimate of drug-likeness (QED) is 0.633. The number of aromatic nitrogens is 2. The molecule has 0 spiro atoms. The number of rotatable bonds is 6. The molecule has 1 aromatic heterocycles. The van der Waals surface area contributed by atoms with Crippen molar-refractivity contribution < 1.29 is 4.39 Å². The Labute approximate surface area is 158 Å². The number of benzene rings is 2. The Balaban J connectivity index is 1.95. The average Bonchev–Trinajstić information content (AvgIpc) is 2.59. The lowest BCUT2D eigenvalue weighted by Gasteiger charge is -2.12. The third-order valence-electron chi connectivity index (χ3n) is 4.20. The van der Waals surface area contributed by atoms with Crippen LogP contribution in [0.3, 0.4) is 0 Å². The molecule has 1 N–H and O–H groups in total. The molecule has 3 aromatic rings. The molecule has 0 saturated carbocycles. The highest BCUT2D eigenvalue weighted by Gasteiger charge is 2.13. The van der Waals surface area contributed by atoms with Gasteiger partial charge in [-0.05, 0) is 52.2 Å². The summed E-state index contributed by atoms with van der Waals surface area (Å²) in [5.74, 6) is 0.275. The van der Waals surface area contributed by atoms with Crippen LogP contribution in [0.5, 0.6) is 0 Å². The average molecular weight is 373 g/mol. The standard InChI is InChI=1S/C20H22ClFN4/c1-13-15-11-17(21)16(14-7-4-5-8-18(14)22)12-19(15)25-20(24-13)23-9-6-10-26(2)3/h4-5,7-8,11-12H,6,9-10H2,1-3H3,(H,23,24,25).